The molecule has 0 spiro atoms. The molecule has 2 aliphatic rings. The second kappa shape index (κ2) is 9.33. The van der Waals surface area contributed by atoms with Gasteiger partial charge in [0.05, 0.1) is 18.4 Å². The van der Waals surface area contributed by atoms with Gasteiger partial charge in [0.25, 0.3) is 5.91 Å². The number of anilines is 1. The number of carbonyl (C=O) groups is 2. The lowest BCUT2D eigenvalue weighted by molar-refractivity contribution is 0.0263. The van der Waals surface area contributed by atoms with Crippen LogP contribution in [-0.4, -0.2) is 58.6 Å². The molecule has 4 rings (SSSR count). The maximum absolute atomic E-state index is 13.9. The average molecular weight is 456 g/mol. The maximum atomic E-state index is 13.9. The molecule has 0 radical (unpaired) electrons. The van der Waals surface area contributed by atoms with E-state index in [1.54, 1.807) is 17.2 Å². The maximum Gasteiger partial charge on any atom is 0.410 e. The molecule has 0 saturated carbocycles. The number of nitrogens with zero attached hydrogens (tertiary/aromatic N) is 4. The molecule has 2 aromatic rings. The highest BCUT2D eigenvalue weighted by molar-refractivity contribution is 5.92. The van der Waals surface area contributed by atoms with Gasteiger partial charge in [0.15, 0.2) is 0 Å². The number of ether oxygens (including phenoxy) is 1. The number of hydrogen-bond acceptors (Lipinski definition) is 6. The van der Waals surface area contributed by atoms with Crippen LogP contribution in [0.1, 0.15) is 61.3 Å². The second-order valence-electron chi connectivity index (χ2n) is 9.44. The fourth-order valence-electron chi connectivity index (χ4n) is 4.25. The van der Waals surface area contributed by atoms with E-state index in [4.69, 9.17) is 4.74 Å². The Morgan fingerprint density at radius 2 is 1.94 bits per heavy atom. The largest absolute Gasteiger partial charge is 0.444 e. The molecule has 1 aliphatic carbocycles. The van der Waals surface area contributed by atoms with Gasteiger partial charge in [-0.15, -0.1) is 0 Å². The summed E-state index contributed by atoms with van der Waals surface area (Å²) >= 11 is 0. The number of rotatable bonds is 3. The first-order valence-corrected chi connectivity index (χ1v) is 11.3. The highest BCUT2D eigenvalue weighted by Crippen LogP contribution is 2.32. The van der Waals surface area contributed by atoms with E-state index in [0.29, 0.717) is 43.9 Å². The standard InChI is InChI=1S/C24H30FN5O3/c1-24(2,3)33-23(32)30-11-5-10-29(12-13-30)21-15-26-20(14-27-21)22(31)28-19-9-8-16-17(19)6-4-7-18(16)25/h4,6-7,14-15,19H,5,8-13H2,1-3H3,(H,28,31)/t19-/m0/s1. The van der Waals surface area contributed by atoms with E-state index in [-0.39, 0.29) is 29.6 Å². The number of aromatic nitrogens is 2. The molecular weight excluding hydrogens is 425 g/mol. The molecule has 1 atom stereocenters. The van der Waals surface area contributed by atoms with Crippen LogP contribution in [-0.2, 0) is 11.2 Å². The lowest BCUT2D eigenvalue weighted by Gasteiger charge is -2.26. The molecule has 0 unspecified atom stereocenters. The molecule has 176 valence electrons. The number of hydrogen-bond donors (Lipinski definition) is 1. The van der Waals surface area contributed by atoms with Crippen molar-refractivity contribution in [3.8, 4) is 0 Å². The van der Waals surface area contributed by atoms with Crippen LogP contribution in [0.3, 0.4) is 0 Å². The summed E-state index contributed by atoms with van der Waals surface area (Å²) in [5.41, 5.74) is 1.19. The molecule has 1 aromatic heterocycles. The van der Waals surface area contributed by atoms with E-state index in [1.807, 2.05) is 26.8 Å². The lowest BCUT2D eigenvalue weighted by atomic mass is 10.1. The predicted octanol–water partition coefficient (Wildman–Crippen LogP) is 3.48. The Morgan fingerprint density at radius 3 is 2.67 bits per heavy atom. The highest BCUT2D eigenvalue weighted by atomic mass is 19.1. The molecule has 1 aliphatic heterocycles. The van der Waals surface area contributed by atoms with E-state index < -0.39 is 5.60 Å². The van der Waals surface area contributed by atoms with Gasteiger partial charge in [-0.05, 0) is 57.2 Å². The zero-order valence-electron chi connectivity index (χ0n) is 19.3. The Balaban J connectivity index is 1.35. The minimum Gasteiger partial charge on any atom is -0.444 e. The minimum atomic E-state index is -0.528. The third kappa shape index (κ3) is 5.40. The molecule has 1 N–H and O–H groups in total. The molecule has 33 heavy (non-hydrogen) atoms. The fourth-order valence-corrected chi connectivity index (χ4v) is 4.25. The summed E-state index contributed by atoms with van der Waals surface area (Å²) in [6.45, 7) is 8.03. The summed E-state index contributed by atoms with van der Waals surface area (Å²) in [4.78, 5) is 37.6. The second-order valence-corrected chi connectivity index (χ2v) is 9.44. The van der Waals surface area contributed by atoms with Gasteiger partial charge in [0.2, 0.25) is 0 Å². The first kappa shape index (κ1) is 22.9. The molecule has 9 heteroatoms. The van der Waals surface area contributed by atoms with Crippen molar-refractivity contribution in [1.29, 1.82) is 0 Å². The van der Waals surface area contributed by atoms with E-state index in [1.165, 1.54) is 12.3 Å². The van der Waals surface area contributed by atoms with Gasteiger partial charge in [0, 0.05) is 26.2 Å². The zero-order valence-corrected chi connectivity index (χ0v) is 19.3. The Bertz CT molecular complexity index is 1020. The van der Waals surface area contributed by atoms with Gasteiger partial charge in [0.1, 0.15) is 22.9 Å². The summed E-state index contributed by atoms with van der Waals surface area (Å²) in [5, 5.41) is 2.94. The van der Waals surface area contributed by atoms with Crippen LogP contribution in [0.4, 0.5) is 15.0 Å². The van der Waals surface area contributed by atoms with E-state index in [0.717, 1.165) is 18.5 Å². The van der Waals surface area contributed by atoms with Crippen molar-refractivity contribution in [2.75, 3.05) is 31.1 Å². The number of amides is 2. The van der Waals surface area contributed by atoms with Gasteiger partial charge in [-0.3, -0.25) is 4.79 Å². The SMILES string of the molecule is CC(C)(C)OC(=O)N1CCCN(c2cnc(C(=O)N[C@H]3CCc4c(F)cccc43)cn2)CC1. The van der Waals surface area contributed by atoms with Gasteiger partial charge < -0.3 is 19.9 Å². The zero-order chi connectivity index (χ0) is 23.6. The Hall–Kier alpha value is -3.23. The topological polar surface area (TPSA) is 87.7 Å². The van der Waals surface area contributed by atoms with Gasteiger partial charge >= 0.3 is 6.09 Å². The third-order valence-corrected chi connectivity index (χ3v) is 5.86. The Kier molecular flexibility index (Phi) is 6.49. The first-order chi connectivity index (χ1) is 15.7. The van der Waals surface area contributed by atoms with Crippen LogP contribution in [0.25, 0.3) is 0 Å². The van der Waals surface area contributed by atoms with E-state index in [9.17, 15) is 14.0 Å². The molecule has 8 nitrogen and oxygen atoms in total. The average Bonchev–Trinajstić information content (AvgIpc) is 3.01. The molecule has 2 amide bonds. The molecular formula is C24H30FN5O3. The summed E-state index contributed by atoms with van der Waals surface area (Å²) in [5.74, 6) is 0.102. The number of nitrogens with one attached hydrogen (secondary N) is 1. The van der Waals surface area contributed by atoms with Crippen molar-refractivity contribution in [2.24, 2.45) is 0 Å². The number of carbonyl (C=O) groups excluding carboxylic acids is 2. The first-order valence-electron chi connectivity index (χ1n) is 11.3. The fraction of sp³-hybridized carbons (Fsp3) is 0.500. The van der Waals surface area contributed by atoms with Crippen LogP contribution in [0.5, 0.6) is 0 Å². The van der Waals surface area contributed by atoms with Crippen molar-refractivity contribution in [3.05, 3.63) is 53.2 Å². The van der Waals surface area contributed by atoms with Crippen LogP contribution in [0.2, 0.25) is 0 Å². The Morgan fingerprint density at radius 1 is 1.12 bits per heavy atom. The summed E-state index contributed by atoms with van der Waals surface area (Å²) in [7, 11) is 0. The molecule has 0 bridgehead atoms. The van der Waals surface area contributed by atoms with Crippen molar-refractivity contribution < 1.29 is 18.7 Å². The monoisotopic (exact) mass is 455 g/mol. The third-order valence-electron chi connectivity index (χ3n) is 5.86. The molecule has 1 aromatic carbocycles. The minimum absolute atomic E-state index is 0.216. The lowest BCUT2D eigenvalue weighted by Crippen LogP contribution is -2.39. The summed E-state index contributed by atoms with van der Waals surface area (Å²) < 4.78 is 19.4. The number of benzene rings is 1. The predicted molar refractivity (Wildman–Crippen MR) is 122 cm³/mol. The highest BCUT2D eigenvalue weighted by Gasteiger charge is 2.27. The molecule has 1 fully saturated rings. The van der Waals surface area contributed by atoms with Crippen LogP contribution in [0.15, 0.2) is 30.6 Å². The van der Waals surface area contributed by atoms with Crippen molar-refractivity contribution in [3.63, 3.8) is 0 Å². The number of halogens is 1. The van der Waals surface area contributed by atoms with Crippen LogP contribution < -0.4 is 10.2 Å². The van der Waals surface area contributed by atoms with Crippen molar-refractivity contribution >= 4 is 17.8 Å². The van der Waals surface area contributed by atoms with Crippen LogP contribution in [0, 0.1) is 5.82 Å². The van der Waals surface area contributed by atoms with E-state index >= 15 is 0 Å². The summed E-state index contributed by atoms with van der Waals surface area (Å²) in [6, 6.07) is 4.74. The summed E-state index contributed by atoms with van der Waals surface area (Å²) in [6.07, 6.45) is 4.78. The Labute approximate surface area is 193 Å². The van der Waals surface area contributed by atoms with Gasteiger partial charge in [-0.25, -0.2) is 19.2 Å². The quantitative estimate of drug-likeness (QED) is 0.763. The van der Waals surface area contributed by atoms with Gasteiger partial charge in [-0.2, -0.15) is 0 Å². The van der Waals surface area contributed by atoms with Gasteiger partial charge in [-0.1, -0.05) is 12.1 Å². The molecule has 1 saturated heterocycles. The van der Waals surface area contributed by atoms with Crippen molar-refractivity contribution in [1.82, 2.24) is 20.2 Å². The van der Waals surface area contributed by atoms with Crippen LogP contribution >= 0.6 is 0 Å². The normalized spacial score (nSPS) is 18.5. The smallest absolute Gasteiger partial charge is 0.410 e. The van der Waals surface area contributed by atoms with Crippen molar-refractivity contribution in [2.45, 2.75) is 51.7 Å². The number of fused-ring (bicyclic) bond motifs is 1. The van der Waals surface area contributed by atoms with E-state index in [2.05, 4.69) is 20.2 Å². The molecule has 2 heterocycles.